The standard InChI is InChI=1S/C18H17FN4OS/c1-11-10-25-16(21-11)9-20-18(24)17-12-5-4-8-14(12)23(22-17)15-7-3-2-6-13(15)19/h2-3,6-7,10H,4-5,8-9H2,1H3,(H,20,24). The first kappa shape index (κ1) is 16.0. The molecule has 2 aromatic heterocycles. The molecule has 1 aromatic carbocycles. The maximum Gasteiger partial charge on any atom is 0.272 e. The predicted molar refractivity (Wildman–Crippen MR) is 93.6 cm³/mol. The summed E-state index contributed by atoms with van der Waals surface area (Å²) in [5.74, 6) is -0.578. The van der Waals surface area contributed by atoms with Crippen LogP contribution in [0, 0.1) is 12.7 Å². The number of fused-ring (bicyclic) bond motifs is 1. The number of hydrogen-bond donors (Lipinski definition) is 1. The van der Waals surface area contributed by atoms with Gasteiger partial charge in [0.1, 0.15) is 16.5 Å². The quantitative estimate of drug-likeness (QED) is 0.781. The largest absolute Gasteiger partial charge is 0.344 e. The molecule has 2 heterocycles. The minimum Gasteiger partial charge on any atom is -0.344 e. The van der Waals surface area contributed by atoms with Crippen LogP contribution in [0.4, 0.5) is 4.39 Å². The molecule has 0 aliphatic heterocycles. The van der Waals surface area contributed by atoms with Gasteiger partial charge in [0.05, 0.1) is 6.54 Å². The summed E-state index contributed by atoms with van der Waals surface area (Å²) in [6, 6.07) is 6.50. The summed E-state index contributed by atoms with van der Waals surface area (Å²) in [6.45, 7) is 2.30. The van der Waals surface area contributed by atoms with Crippen LogP contribution in [-0.4, -0.2) is 20.7 Å². The van der Waals surface area contributed by atoms with Gasteiger partial charge in [-0.2, -0.15) is 5.10 Å². The average molecular weight is 356 g/mol. The van der Waals surface area contributed by atoms with Crippen LogP contribution in [0.25, 0.3) is 5.69 Å². The van der Waals surface area contributed by atoms with E-state index in [1.807, 2.05) is 12.3 Å². The Kier molecular flexibility index (Phi) is 4.09. The molecule has 1 N–H and O–H groups in total. The van der Waals surface area contributed by atoms with E-state index >= 15 is 0 Å². The van der Waals surface area contributed by atoms with Crippen LogP contribution in [0.2, 0.25) is 0 Å². The van der Waals surface area contributed by atoms with Crippen LogP contribution in [0.5, 0.6) is 0 Å². The first-order chi connectivity index (χ1) is 12.1. The fourth-order valence-corrected chi connectivity index (χ4v) is 3.88. The molecule has 0 saturated heterocycles. The number of nitrogens with zero attached hydrogens (tertiary/aromatic N) is 3. The van der Waals surface area contributed by atoms with Crippen molar-refractivity contribution in [3.05, 3.63) is 63.1 Å². The van der Waals surface area contributed by atoms with Gasteiger partial charge in [-0.15, -0.1) is 11.3 Å². The van der Waals surface area contributed by atoms with Crippen LogP contribution >= 0.6 is 11.3 Å². The van der Waals surface area contributed by atoms with Gasteiger partial charge >= 0.3 is 0 Å². The fraction of sp³-hybridized carbons (Fsp3) is 0.278. The molecule has 3 aromatic rings. The highest BCUT2D eigenvalue weighted by molar-refractivity contribution is 7.09. The molecule has 128 valence electrons. The van der Waals surface area contributed by atoms with Crippen molar-refractivity contribution in [1.29, 1.82) is 0 Å². The molecule has 0 spiro atoms. The first-order valence-corrected chi connectivity index (χ1v) is 9.06. The van der Waals surface area contributed by atoms with E-state index in [0.29, 0.717) is 17.9 Å². The molecular formula is C18H17FN4OS. The number of halogens is 1. The van der Waals surface area contributed by atoms with Crippen molar-refractivity contribution in [2.45, 2.75) is 32.7 Å². The molecule has 25 heavy (non-hydrogen) atoms. The second-order valence-electron chi connectivity index (χ2n) is 6.06. The average Bonchev–Trinajstić information content (AvgIpc) is 3.30. The number of carbonyl (C=O) groups is 1. The minimum absolute atomic E-state index is 0.235. The summed E-state index contributed by atoms with van der Waals surface area (Å²) >= 11 is 1.52. The number of amides is 1. The zero-order valence-electron chi connectivity index (χ0n) is 13.8. The third kappa shape index (κ3) is 2.95. The Labute approximate surface area is 148 Å². The topological polar surface area (TPSA) is 59.8 Å². The number of hydrogen-bond acceptors (Lipinski definition) is 4. The molecule has 5 nitrogen and oxygen atoms in total. The third-order valence-electron chi connectivity index (χ3n) is 4.29. The normalized spacial score (nSPS) is 13.0. The van der Waals surface area contributed by atoms with E-state index in [4.69, 9.17) is 0 Å². The molecule has 0 saturated carbocycles. The summed E-state index contributed by atoms with van der Waals surface area (Å²) in [4.78, 5) is 17.0. The highest BCUT2D eigenvalue weighted by atomic mass is 32.1. The van der Waals surface area contributed by atoms with Crippen LogP contribution in [0.3, 0.4) is 0 Å². The Hall–Kier alpha value is -2.54. The van der Waals surface area contributed by atoms with Crippen LogP contribution < -0.4 is 5.32 Å². The predicted octanol–water partition coefficient (Wildman–Crippen LogP) is 3.20. The highest BCUT2D eigenvalue weighted by Crippen LogP contribution is 2.28. The van der Waals surface area contributed by atoms with Gasteiger partial charge in [0.15, 0.2) is 5.69 Å². The van der Waals surface area contributed by atoms with E-state index < -0.39 is 0 Å². The number of carbonyl (C=O) groups excluding carboxylic acids is 1. The maximum absolute atomic E-state index is 14.2. The monoisotopic (exact) mass is 356 g/mol. The summed E-state index contributed by atoms with van der Waals surface area (Å²) in [5, 5.41) is 10.1. The van der Waals surface area contributed by atoms with Crippen LogP contribution in [0.15, 0.2) is 29.6 Å². The first-order valence-electron chi connectivity index (χ1n) is 8.18. The lowest BCUT2D eigenvalue weighted by molar-refractivity contribution is 0.0944. The Bertz CT molecular complexity index is 946. The van der Waals surface area contributed by atoms with Gasteiger partial charge in [-0.05, 0) is 38.3 Å². The molecule has 1 amide bonds. The van der Waals surface area contributed by atoms with E-state index in [1.165, 1.54) is 17.4 Å². The smallest absolute Gasteiger partial charge is 0.272 e. The SMILES string of the molecule is Cc1csc(CNC(=O)c2nn(-c3ccccc3F)c3c2CCC3)n1. The van der Waals surface area contributed by atoms with Crippen LogP contribution in [0.1, 0.15) is 38.9 Å². The molecule has 0 unspecified atom stereocenters. The molecule has 1 aliphatic carbocycles. The van der Waals surface area contributed by atoms with E-state index in [0.717, 1.165) is 41.2 Å². The third-order valence-corrected chi connectivity index (χ3v) is 5.26. The van der Waals surface area contributed by atoms with Crippen LogP contribution in [-0.2, 0) is 19.4 Å². The fourth-order valence-electron chi connectivity index (χ4n) is 3.17. The number of para-hydroxylation sites is 1. The maximum atomic E-state index is 14.2. The van der Waals surface area contributed by atoms with Gasteiger partial charge < -0.3 is 5.32 Å². The summed E-state index contributed by atoms with van der Waals surface area (Å²) in [6.07, 6.45) is 2.55. The number of nitrogens with one attached hydrogen (secondary N) is 1. The van der Waals surface area contributed by atoms with Gasteiger partial charge in [-0.3, -0.25) is 4.79 Å². The Balaban J connectivity index is 1.63. The van der Waals surface area contributed by atoms with Gasteiger partial charge in [0, 0.05) is 22.3 Å². The second-order valence-corrected chi connectivity index (χ2v) is 7.00. The molecule has 0 bridgehead atoms. The number of rotatable bonds is 4. The molecule has 7 heteroatoms. The molecule has 0 atom stereocenters. The van der Waals surface area contributed by atoms with Gasteiger partial charge in [0.2, 0.25) is 0 Å². The lowest BCUT2D eigenvalue weighted by Gasteiger charge is -2.06. The zero-order valence-corrected chi connectivity index (χ0v) is 14.6. The molecule has 4 rings (SSSR count). The van der Waals surface area contributed by atoms with Crippen molar-refractivity contribution in [1.82, 2.24) is 20.1 Å². The van der Waals surface area contributed by atoms with Crippen molar-refractivity contribution in [2.75, 3.05) is 0 Å². The van der Waals surface area contributed by atoms with E-state index in [1.54, 1.807) is 22.9 Å². The van der Waals surface area contributed by atoms with E-state index in [2.05, 4.69) is 15.4 Å². The lowest BCUT2D eigenvalue weighted by Crippen LogP contribution is -2.24. The highest BCUT2D eigenvalue weighted by Gasteiger charge is 2.27. The Morgan fingerprint density at radius 1 is 1.36 bits per heavy atom. The van der Waals surface area contributed by atoms with Gasteiger partial charge in [-0.1, -0.05) is 12.1 Å². The summed E-state index contributed by atoms with van der Waals surface area (Å²) in [7, 11) is 0. The second kappa shape index (κ2) is 6.40. The molecule has 1 aliphatic rings. The molecular weight excluding hydrogens is 339 g/mol. The number of benzene rings is 1. The minimum atomic E-state index is -0.343. The van der Waals surface area contributed by atoms with Gasteiger partial charge in [-0.25, -0.2) is 14.1 Å². The summed E-state index contributed by atoms with van der Waals surface area (Å²) in [5.41, 5.74) is 3.58. The van der Waals surface area contributed by atoms with Crippen molar-refractivity contribution < 1.29 is 9.18 Å². The van der Waals surface area contributed by atoms with E-state index in [9.17, 15) is 9.18 Å². The van der Waals surface area contributed by atoms with Crippen molar-refractivity contribution in [2.24, 2.45) is 0 Å². The van der Waals surface area contributed by atoms with Crippen molar-refractivity contribution in [3.8, 4) is 5.69 Å². The number of aryl methyl sites for hydroxylation is 1. The van der Waals surface area contributed by atoms with Gasteiger partial charge in [0.25, 0.3) is 5.91 Å². The zero-order chi connectivity index (χ0) is 17.4. The van der Waals surface area contributed by atoms with E-state index in [-0.39, 0.29) is 11.7 Å². The van der Waals surface area contributed by atoms with Crippen molar-refractivity contribution >= 4 is 17.2 Å². The number of thiazole rings is 1. The Morgan fingerprint density at radius 3 is 2.96 bits per heavy atom. The summed E-state index contributed by atoms with van der Waals surface area (Å²) < 4.78 is 15.7. The van der Waals surface area contributed by atoms with Crippen molar-refractivity contribution in [3.63, 3.8) is 0 Å². The molecule has 0 fully saturated rings. The number of aromatic nitrogens is 3. The molecule has 0 radical (unpaired) electrons. The Morgan fingerprint density at radius 2 is 2.20 bits per heavy atom. The lowest BCUT2D eigenvalue weighted by atomic mass is 10.2.